The normalized spacial score (nSPS) is 17.8. The van der Waals surface area contributed by atoms with Crippen molar-refractivity contribution < 1.29 is 13.2 Å². The van der Waals surface area contributed by atoms with Crippen molar-refractivity contribution in [2.45, 2.75) is 24.6 Å². The Hall–Kier alpha value is -0.430. The zero-order valence-electron chi connectivity index (χ0n) is 10.9. The molecule has 1 fully saturated rings. The second kappa shape index (κ2) is 6.35. The van der Waals surface area contributed by atoms with Crippen LogP contribution in [0.3, 0.4) is 0 Å². The minimum Gasteiger partial charge on any atom is -0.381 e. The molecule has 1 saturated heterocycles. The highest BCUT2D eigenvalue weighted by Gasteiger charge is 2.31. The van der Waals surface area contributed by atoms with E-state index in [4.69, 9.17) is 4.74 Å². The van der Waals surface area contributed by atoms with E-state index in [0.717, 1.165) is 10.0 Å². The van der Waals surface area contributed by atoms with Gasteiger partial charge in [-0.05, 0) is 30.5 Å². The van der Waals surface area contributed by atoms with Gasteiger partial charge in [-0.2, -0.15) is 0 Å². The highest BCUT2D eigenvalue weighted by atomic mass is 79.9. The Labute approximate surface area is 122 Å². The van der Waals surface area contributed by atoms with Gasteiger partial charge in [-0.3, -0.25) is 0 Å². The number of hydrogen-bond acceptors (Lipinski definition) is 3. The number of ether oxygens (including phenoxy) is 1. The Morgan fingerprint density at radius 2 is 1.84 bits per heavy atom. The molecular formula is C13H18BrNO3S. The molecule has 4 nitrogen and oxygen atoms in total. The molecule has 1 aliphatic rings. The van der Waals surface area contributed by atoms with Gasteiger partial charge in [-0.1, -0.05) is 28.1 Å². The van der Waals surface area contributed by atoms with E-state index < -0.39 is 10.0 Å². The van der Waals surface area contributed by atoms with Crippen LogP contribution in [0.1, 0.15) is 18.4 Å². The van der Waals surface area contributed by atoms with Crippen LogP contribution in [0.5, 0.6) is 0 Å². The molecule has 1 heterocycles. The zero-order chi connectivity index (χ0) is 13.9. The smallest absolute Gasteiger partial charge is 0.217 e. The van der Waals surface area contributed by atoms with Crippen molar-refractivity contribution >= 4 is 26.0 Å². The predicted octanol–water partition coefficient (Wildman–Crippen LogP) is 2.39. The first kappa shape index (κ1) is 15.0. The van der Waals surface area contributed by atoms with Crippen LogP contribution in [-0.2, 0) is 21.3 Å². The van der Waals surface area contributed by atoms with Crippen molar-refractivity contribution in [3.63, 3.8) is 0 Å². The summed E-state index contributed by atoms with van der Waals surface area (Å²) >= 11 is 3.37. The van der Waals surface area contributed by atoms with Gasteiger partial charge in [0.15, 0.2) is 0 Å². The third-order valence-corrected chi connectivity index (χ3v) is 6.18. The van der Waals surface area contributed by atoms with E-state index in [1.54, 1.807) is 7.05 Å². The van der Waals surface area contributed by atoms with Gasteiger partial charge in [0.05, 0.1) is 5.25 Å². The molecule has 0 N–H and O–H groups in total. The predicted molar refractivity (Wildman–Crippen MR) is 78.4 cm³/mol. The average molecular weight is 348 g/mol. The molecule has 19 heavy (non-hydrogen) atoms. The maximum Gasteiger partial charge on any atom is 0.217 e. The molecule has 0 bridgehead atoms. The lowest BCUT2D eigenvalue weighted by molar-refractivity contribution is 0.0973. The molecule has 0 saturated carbocycles. The Balaban J connectivity index is 2.05. The molecule has 0 amide bonds. The van der Waals surface area contributed by atoms with Crippen molar-refractivity contribution in [1.29, 1.82) is 0 Å². The van der Waals surface area contributed by atoms with Gasteiger partial charge in [-0.15, -0.1) is 0 Å². The van der Waals surface area contributed by atoms with Crippen molar-refractivity contribution in [1.82, 2.24) is 4.31 Å². The van der Waals surface area contributed by atoms with Crippen LogP contribution in [0.25, 0.3) is 0 Å². The van der Waals surface area contributed by atoms with Gasteiger partial charge in [0.1, 0.15) is 0 Å². The molecule has 0 aliphatic carbocycles. The highest BCUT2D eigenvalue weighted by Crippen LogP contribution is 2.20. The molecule has 6 heteroatoms. The fourth-order valence-corrected chi connectivity index (χ4v) is 4.06. The molecule has 0 radical (unpaired) electrons. The number of sulfonamides is 1. The van der Waals surface area contributed by atoms with Crippen molar-refractivity contribution in [3.05, 3.63) is 34.3 Å². The first-order chi connectivity index (χ1) is 9.00. The largest absolute Gasteiger partial charge is 0.381 e. The summed E-state index contributed by atoms with van der Waals surface area (Å²) in [5.41, 5.74) is 0.987. The summed E-state index contributed by atoms with van der Waals surface area (Å²) in [6.45, 7) is 1.49. The molecule has 0 atom stereocenters. The Kier molecular flexibility index (Phi) is 5.00. The summed E-state index contributed by atoms with van der Waals surface area (Å²) in [5, 5.41) is -0.304. The van der Waals surface area contributed by atoms with Crippen LogP contribution in [0.2, 0.25) is 0 Å². The molecule has 2 rings (SSSR count). The molecule has 1 aliphatic heterocycles. The quantitative estimate of drug-likeness (QED) is 0.839. The van der Waals surface area contributed by atoms with Crippen LogP contribution in [0.4, 0.5) is 0 Å². The molecule has 0 unspecified atom stereocenters. The van der Waals surface area contributed by atoms with Gasteiger partial charge >= 0.3 is 0 Å². The summed E-state index contributed by atoms with van der Waals surface area (Å²) in [4.78, 5) is 0. The molecular weight excluding hydrogens is 330 g/mol. The van der Waals surface area contributed by atoms with Crippen molar-refractivity contribution in [2.24, 2.45) is 0 Å². The molecule has 106 valence electrons. The lowest BCUT2D eigenvalue weighted by atomic mass is 10.2. The first-order valence-electron chi connectivity index (χ1n) is 6.27. The summed E-state index contributed by atoms with van der Waals surface area (Å²) in [6, 6.07) is 7.70. The van der Waals surface area contributed by atoms with E-state index in [9.17, 15) is 8.42 Å². The number of nitrogens with zero attached hydrogens (tertiary/aromatic N) is 1. The van der Waals surface area contributed by atoms with E-state index in [0.29, 0.717) is 32.6 Å². The standard InChI is InChI=1S/C13H18BrNO3S/c1-15(10-11-2-4-12(14)5-3-11)19(16,17)13-6-8-18-9-7-13/h2-5,13H,6-10H2,1H3. The summed E-state index contributed by atoms with van der Waals surface area (Å²) in [7, 11) is -1.58. The fourth-order valence-electron chi connectivity index (χ4n) is 2.17. The van der Waals surface area contributed by atoms with Crippen LogP contribution < -0.4 is 0 Å². The molecule has 1 aromatic carbocycles. The summed E-state index contributed by atoms with van der Waals surface area (Å²) in [5.74, 6) is 0. The van der Waals surface area contributed by atoms with E-state index in [2.05, 4.69) is 15.9 Å². The minimum atomic E-state index is -3.23. The topological polar surface area (TPSA) is 46.6 Å². The third-order valence-electron chi connectivity index (χ3n) is 3.34. The Bertz CT molecular complexity index is 509. The molecule has 1 aromatic rings. The fraction of sp³-hybridized carbons (Fsp3) is 0.538. The Morgan fingerprint density at radius 1 is 1.26 bits per heavy atom. The van der Waals surface area contributed by atoms with Gasteiger partial charge in [0, 0.05) is 31.3 Å². The summed E-state index contributed by atoms with van der Waals surface area (Å²) < 4.78 is 32.5. The first-order valence-corrected chi connectivity index (χ1v) is 8.57. The van der Waals surface area contributed by atoms with E-state index >= 15 is 0 Å². The maximum absolute atomic E-state index is 12.4. The number of benzene rings is 1. The van der Waals surface area contributed by atoms with E-state index in [-0.39, 0.29) is 5.25 Å². The molecule has 0 spiro atoms. The van der Waals surface area contributed by atoms with E-state index in [1.165, 1.54) is 4.31 Å². The van der Waals surface area contributed by atoms with Crippen LogP contribution in [-0.4, -0.2) is 38.2 Å². The monoisotopic (exact) mass is 347 g/mol. The van der Waals surface area contributed by atoms with E-state index in [1.807, 2.05) is 24.3 Å². The summed E-state index contributed by atoms with van der Waals surface area (Å²) in [6.07, 6.45) is 1.18. The minimum absolute atomic E-state index is 0.304. The second-order valence-electron chi connectivity index (χ2n) is 4.74. The zero-order valence-corrected chi connectivity index (χ0v) is 13.3. The van der Waals surface area contributed by atoms with Gasteiger partial charge in [0.25, 0.3) is 0 Å². The lowest BCUT2D eigenvalue weighted by Gasteiger charge is -2.27. The van der Waals surface area contributed by atoms with Gasteiger partial charge in [0.2, 0.25) is 10.0 Å². The third kappa shape index (κ3) is 3.78. The second-order valence-corrected chi connectivity index (χ2v) is 7.97. The highest BCUT2D eigenvalue weighted by molar-refractivity contribution is 9.10. The van der Waals surface area contributed by atoms with Gasteiger partial charge < -0.3 is 4.74 Å². The van der Waals surface area contributed by atoms with Crippen molar-refractivity contribution in [3.8, 4) is 0 Å². The lowest BCUT2D eigenvalue weighted by Crippen LogP contribution is -2.38. The van der Waals surface area contributed by atoms with Crippen molar-refractivity contribution in [2.75, 3.05) is 20.3 Å². The SMILES string of the molecule is CN(Cc1ccc(Br)cc1)S(=O)(=O)C1CCOCC1. The Morgan fingerprint density at radius 3 is 2.42 bits per heavy atom. The number of hydrogen-bond donors (Lipinski definition) is 0. The number of rotatable bonds is 4. The van der Waals surface area contributed by atoms with Crippen LogP contribution in [0, 0.1) is 0 Å². The maximum atomic E-state index is 12.4. The van der Waals surface area contributed by atoms with Gasteiger partial charge in [-0.25, -0.2) is 12.7 Å². The number of halogens is 1. The average Bonchev–Trinajstić information content (AvgIpc) is 2.42. The molecule has 0 aromatic heterocycles. The van der Waals surface area contributed by atoms with Crippen LogP contribution >= 0.6 is 15.9 Å². The van der Waals surface area contributed by atoms with Crippen LogP contribution in [0.15, 0.2) is 28.7 Å².